The number of likely N-dealkylation sites (N-methyl/N-ethyl adjacent to an activating group) is 1. The van der Waals surface area contributed by atoms with Crippen molar-refractivity contribution >= 4 is 17.5 Å². The van der Waals surface area contributed by atoms with Crippen LogP contribution < -0.4 is 5.73 Å². The predicted octanol–water partition coefficient (Wildman–Crippen LogP) is 3.20. The van der Waals surface area contributed by atoms with Crippen LogP contribution in [0.25, 0.3) is 0 Å². The monoisotopic (exact) mass is 308 g/mol. The predicted molar refractivity (Wildman–Crippen MR) is 87.4 cm³/mol. The smallest absolute Gasteiger partial charge is 0.233 e. The van der Waals surface area contributed by atoms with Crippen LogP contribution in [0.4, 0.5) is 0 Å². The van der Waals surface area contributed by atoms with E-state index < -0.39 is 5.41 Å². The van der Waals surface area contributed by atoms with E-state index in [0.717, 1.165) is 31.5 Å². The molecule has 1 fully saturated rings. The lowest BCUT2D eigenvalue weighted by atomic mass is 9.54. The molecule has 2 N–H and O–H groups in total. The van der Waals surface area contributed by atoms with Crippen LogP contribution in [0, 0.1) is 5.92 Å². The Bertz CT molecular complexity index is 513. The molecule has 1 aromatic rings. The minimum atomic E-state index is -0.495. The molecule has 21 heavy (non-hydrogen) atoms. The van der Waals surface area contributed by atoms with Gasteiger partial charge < -0.3 is 10.6 Å². The summed E-state index contributed by atoms with van der Waals surface area (Å²) in [7, 11) is 0. The Morgan fingerprint density at radius 1 is 1.48 bits per heavy atom. The Hall–Kier alpha value is -1.06. The first kappa shape index (κ1) is 16.3. The summed E-state index contributed by atoms with van der Waals surface area (Å²) in [4.78, 5) is 15.1. The second-order valence-corrected chi connectivity index (χ2v) is 6.40. The van der Waals surface area contributed by atoms with Crippen molar-refractivity contribution in [3.63, 3.8) is 0 Å². The van der Waals surface area contributed by atoms with Gasteiger partial charge in [-0.3, -0.25) is 4.79 Å². The lowest BCUT2D eigenvalue weighted by Crippen LogP contribution is -2.60. The third-order valence-corrected chi connectivity index (χ3v) is 5.12. The first-order chi connectivity index (χ1) is 9.97. The molecule has 1 amide bonds. The summed E-state index contributed by atoms with van der Waals surface area (Å²) in [5, 5.41) is 0.676. The van der Waals surface area contributed by atoms with E-state index in [0.29, 0.717) is 5.02 Å². The molecule has 1 aliphatic rings. The molecule has 0 aromatic heterocycles. The largest absolute Gasteiger partial charge is 0.342 e. The Morgan fingerprint density at radius 2 is 2.14 bits per heavy atom. The molecular weight excluding hydrogens is 284 g/mol. The van der Waals surface area contributed by atoms with Gasteiger partial charge in [-0.05, 0) is 57.2 Å². The fourth-order valence-corrected chi connectivity index (χ4v) is 3.81. The minimum Gasteiger partial charge on any atom is -0.342 e. The van der Waals surface area contributed by atoms with E-state index in [2.05, 4.69) is 0 Å². The molecule has 4 heteroatoms. The van der Waals surface area contributed by atoms with Gasteiger partial charge in [0.25, 0.3) is 0 Å². The van der Waals surface area contributed by atoms with Crippen molar-refractivity contribution in [2.45, 2.75) is 45.1 Å². The van der Waals surface area contributed by atoms with Crippen LogP contribution in [0.2, 0.25) is 5.02 Å². The van der Waals surface area contributed by atoms with E-state index in [1.54, 1.807) is 0 Å². The van der Waals surface area contributed by atoms with Gasteiger partial charge in [0, 0.05) is 24.2 Å². The highest BCUT2D eigenvalue weighted by Gasteiger charge is 2.56. The molecule has 0 heterocycles. The third kappa shape index (κ3) is 2.69. The molecule has 3 unspecified atom stereocenters. The summed E-state index contributed by atoms with van der Waals surface area (Å²) >= 11 is 6.16. The van der Waals surface area contributed by atoms with Crippen molar-refractivity contribution in [1.82, 2.24) is 4.90 Å². The molecule has 3 atom stereocenters. The molecular formula is C17H25ClN2O. The van der Waals surface area contributed by atoms with Crippen LogP contribution in [0.1, 0.15) is 39.2 Å². The Kier molecular flexibility index (Phi) is 4.95. The maximum atomic E-state index is 13.2. The van der Waals surface area contributed by atoms with Crippen molar-refractivity contribution in [1.29, 1.82) is 0 Å². The van der Waals surface area contributed by atoms with Gasteiger partial charge in [0.15, 0.2) is 0 Å². The highest BCUT2D eigenvalue weighted by molar-refractivity contribution is 6.30. The molecule has 0 bridgehead atoms. The van der Waals surface area contributed by atoms with E-state index in [-0.39, 0.29) is 17.9 Å². The van der Waals surface area contributed by atoms with Gasteiger partial charge in [-0.2, -0.15) is 0 Å². The van der Waals surface area contributed by atoms with Gasteiger partial charge in [-0.25, -0.2) is 0 Å². The summed E-state index contributed by atoms with van der Waals surface area (Å²) in [6.07, 6.45) is 1.85. The molecule has 2 rings (SSSR count). The van der Waals surface area contributed by atoms with Gasteiger partial charge in [0.2, 0.25) is 5.91 Å². The minimum absolute atomic E-state index is 0.00255. The standard InChI is InChI=1S/C17H25ClN2O/c1-4-20(5-2)16(21)17(10-9-15(17)12(3)19)13-7-6-8-14(18)11-13/h6-8,11-12,15H,4-5,9-10,19H2,1-3H3. The van der Waals surface area contributed by atoms with Crippen LogP contribution in [-0.2, 0) is 10.2 Å². The normalized spacial score (nSPS) is 26.0. The highest BCUT2D eigenvalue weighted by atomic mass is 35.5. The van der Waals surface area contributed by atoms with Gasteiger partial charge in [-0.15, -0.1) is 0 Å². The van der Waals surface area contributed by atoms with E-state index in [4.69, 9.17) is 17.3 Å². The summed E-state index contributed by atoms with van der Waals surface area (Å²) in [5.41, 5.74) is 6.69. The summed E-state index contributed by atoms with van der Waals surface area (Å²) in [5.74, 6) is 0.382. The number of halogens is 1. The molecule has 1 aromatic carbocycles. The van der Waals surface area contributed by atoms with Crippen molar-refractivity contribution in [2.75, 3.05) is 13.1 Å². The van der Waals surface area contributed by atoms with Crippen LogP contribution >= 0.6 is 11.6 Å². The Labute approximate surface area is 132 Å². The number of amides is 1. The SMILES string of the molecule is CCN(CC)C(=O)C1(c2cccc(Cl)c2)CCC1C(C)N. The van der Waals surface area contributed by atoms with Crippen LogP contribution in [0.15, 0.2) is 24.3 Å². The van der Waals surface area contributed by atoms with E-state index in [9.17, 15) is 4.79 Å². The van der Waals surface area contributed by atoms with Crippen molar-refractivity contribution in [3.05, 3.63) is 34.9 Å². The maximum absolute atomic E-state index is 13.2. The third-order valence-electron chi connectivity index (χ3n) is 4.89. The lowest BCUT2D eigenvalue weighted by Gasteiger charge is -2.52. The van der Waals surface area contributed by atoms with Gasteiger partial charge in [-0.1, -0.05) is 23.7 Å². The fourth-order valence-electron chi connectivity index (χ4n) is 3.62. The van der Waals surface area contributed by atoms with Gasteiger partial charge in [0.1, 0.15) is 0 Å². The molecule has 0 saturated heterocycles. The topological polar surface area (TPSA) is 46.3 Å². The number of carbonyl (C=O) groups is 1. The number of carbonyl (C=O) groups excluding carboxylic acids is 1. The zero-order valence-electron chi connectivity index (χ0n) is 13.1. The van der Waals surface area contributed by atoms with Crippen molar-refractivity contribution < 1.29 is 4.79 Å². The summed E-state index contributed by atoms with van der Waals surface area (Å²) in [6.45, 7) is 7.49. The average molecular weight is 309 g/mol. The van der Waals surface area contributed by atoms with E-state index in [1.807, 2.05) is 49.9 Å². The molecule has 1 aliphatic carbocycles. The van der Waals surface area contributed by atoms with Gasteiger partial charge in [0.05, 0.1) is 5.41 Å². The zero-order valence-corrected chi connectivity index (χ0v) is 13.9. The molecule has 1 saturated carbocycles. The fraction of sp³-hybridized carbons (Fsp3) is 0.588. The summed E-state index contributed by atoms with van der Waals surface area (Å²) < 4.78 is 0. The maximum Gasteiger partial charge on any atom is 0.233 e. The van der Waals surface area contributed by atoms with E-state index >= 15 is 0 Å². The van der Waals surface area contributed by atoms with Crippen LogP contribution in [0.5, 0.6) is 0 Å². The van der Waals surface area contributed by atoms with Crippen LogP contribution in [-0.4, -0.2) is 29.9 Å². The first-order valence-corrected chi connectivity index (χ1v) is 8.16. The van der Waals surface area contributed by atoms with Crippen molar-refractivity contribution in [2.24, 2.45) is 11.7 Å². The number of rotatable bonds is 5. The molecule has 116 valence electrons. The average Bonchev–Trinajstić information content (AvgIpc) is 2.39. The first-order valence-electron chi connectivity index (χ1n) is 7.78. The number of nitrogens with two attached hydrogens (primary N) is 1. The second-order valence-electron chi connectivity index (χ2n) is 5.96. The Balaban J connectivity index is 2.48. The summed E-state index contributed by atoms with van der Waals surface area (Å²) in [6, 6.07) is 7.71. The number of hydrogen-bond donors (Lipinski definition) is 1. The molecule has 3 nitrogen and oxygen atoms in total. The Morgan fingerprint density at radius 3 is 2.57 bits per heavy atom. The quantitative estimate of drug-likeness (QED) is 0.908. The number of benzene rings is 1. The van der Waals surface area contributed by atoms with Crippen LogP contribution in [0.3, 0.4) is 0 Å². The number of hydrogen-bond acceptors (Lipinski definition) is 2. The lowest BCUT2D eigenvalue weighted by molar-refractivity contribution is -0.145. The number of nitrogens with zero attached hydrogens (tertiary/aromatic N) is 1. The highest BCUT2D eigenvalue weighted by Crippen LogP contribution is 2.51. The molecule has 0 aliphatic heterocycles. The van der Waals surface area contributed by atoms with Gasteiger partial charge >= 0.3 is 0 Å². The molecule has 0 radical (unpaired) electrons. The second kappa shape index (κ2) is 6.37. The van der Waals surface area contributed by atoms with Crippen molar-refractivity contribution in [3.8, 4) is 0 Å². The van der Waals surface area contributed by atoms with E-state index in [1.165, 1.54) is 0 Å². The zero-order chi connectivity index (χ0) is 15.6. The molecule has 0 spiro atoms.